The van der Waals surface area contributed by atoms with E-state index in [0.29, 0.717) is 22.3 Å². The van der Waals surface area contributed by atoms with E-state index in [1.165, 1.54) is 22.6 Å². The van der Waals surface area contributed by atoms with Crippen molar-refractivity contribution >= 4 is 45.6 Å². The number of rotatable bonds is 11. The molecule has 2 aliphatic heterocycles. The molecule has 2 saturated heterocycles. The number of anilines is 2. The number of carbonyl (C=O) groups is 2. The highest BCUT2D eigenvalue weighted by Gasteiger charge is 2.33. The number of benzene rings is 3. The summed E-state index contributed by atoms with van der Waals surface area (Å²) in [7, 11) is 0. The Labute approximate surface area is 300 Å². The molecule has 1 amide bonds. The third-order valence-electron chi connectivity index (χ3n) is 9.58. The van der Waals surface area contributed by atoms with Gasteiger partial charge in [0, 0.05) is 73.9 Å². The lowest BCUT2D eigenvalue weighted by Crippen LogP contribution is -2.47. The van der Waals surface area contributed by atoms with Gasteiger partial charge in [0.05, 0.1) is 17.7 Å². The molecule has 0 bridgehead atoms. The van der Waals surface area contributed by atoms with Crippen LogP contribution in [-0.2, 0) is 18.0 Å². The maximum atomic E-state index is 15.6. The van der Waals surface area contributed by atoms with Gasteiger partial charge in [-0.3, -0.25) is 14.5 Å². The molecule has 2 aromatic heterocycles. The normalized spacial score (nSPS) is 17.5. The van der Waals surface area contributed by atoms with Crippen LogP contribution in [0.3, 0.4) is 0 Å². The molecule has 0 spiro atoms. The zero-order chi connectivity index (χ0) is 36.5. The Morgan fingerprint density at radius 1 is 0.942 bits per heavy atom. The van der Waals surface area contributed by atoms with Gasteiger partial charge < -0.3 is 20.2 Å². The Morgan fingerprint density at radius 2 is 1.71 bits per heavy atom. The molecule has 2 aliphatic rings. The minimum atomic E-state index is -1.98. The number of aromatic amines is 1. The fourth-order valence-electron chi connectivity index (χ4n) is 6.60. The molecular weight excluding hydrogens is 699 g/mol. The largest absolute Gasteiger partial charge is 0.573 e. The highest BCUT2D eigenvalue weighted by atomic mass is 32.2. The highest BCUT2D eigenvalue weighted by Crippen LogP contribution is 2.31. The number of H-pyrrole nitrogens is 1. The van der Waals surface area contributed by atoms with Gasteiger partial charge in [-0.2, -0.15) is 4.72 Å². The van der Waals surface area contributed by atoms with Crippen LogP contribution in [0, 0.1) is 17.5 Å². The Hall–Kier alpha value is -4.96. The number of aromatic nitrogens is 2. The molecule has 15 heteroatoms. The van der Waals surface area contributed by atoms with E-state index in [9.17, 15) is 27.3 Å². The summed E-state index contributed by atoms with van der Waals surface area (Å²) in [6.07, 6.45) is 2.87. The number of nitrogens with zero attached hydrogens (tertiary/aromatic N) is 4. The Balaban J connectivity index is 0.997. The first kappa shape index (κ1) is 35.4. The van der Waals surface area contributed by atoms with Gasteiger partial charge >= 0.3 is 0 Å². The van der Waals surface area contributed by atoms with Crippen LogP contribution in [0.25, 0.3) is 22.2 Å². The van der Waals surface area contributed by atoms with Crippen molar-refractivity contribution in [2.45, 2.75) is 19.0 Å². The number of alkyl halides is 1. The van der Waals surface area contributed by atoms with Crippen molar-refractivity contribution in [2.75, 3.05) is 55.4 Å². The quantitative estimate of drug-likeness (QED) is 0.0938. The molecule has 10 nitrogen and oxygen atoms in total. The molecule has 2 fully saturated rings. The molecule has 2 atom stereocenters. The molecule has 7 rings (SSSR count). The number of pyridine rings is 1. The van der Waals surface area contributed by atoms with E-state index < -0.39 is 52.4 Å². The van der Waals surface area contributed by atoms with E-state index in [1.54, 1.807) is 18.3 Å². The molecule has 5 aromatic rings. The predicted octanol–water partition coefficient (Wildman–Crippen LogP) is 5.38. The van der Waals surface area contributed by atoms with Gasteiger partial charge in [-0.15, -0.1) is 4.31 Å². The summed E-state index contributed by atoms with van der Waals surface area (Å²) in [6, 6.07) is 16.1. The lowest BCUT2D eigenvalue weighted by molar-refractivity contribution is 0.0994. The van der Waals surface area contributed by atoms with E-state index >= 15 is 4.39 Å². The minimum absolute atomic E-state index is 0.0183. The van der Waals surface area contributed by atoms with Gasteiger partial charge in [-0.1, -0.05) is 24.3 Å². The lowest BCUT2D eigenvalue weighted by Gasteiger charge is -2.36. The summed E-state index contributed by atoms with van der Waals surface area (Å²) >= 11 is -1.98. The molecule has 270 valence electrons. The van der Waals surface area contributed by atoms with Gasteiger partial charge in [-0.25, -0.2) is 22.5 Å². The Morgan fingerprint density at radius 3 is 2.40 bits per heavy atom. The second-order valence-corrected chi connectivity index (χ2v) is 14.1. The minimum Gasteiger partial charge on any atom is -0.573 e. The third-order valence-corrected chi connectivity index (χ3v) is 10.8. The second-order valence-electron chi connectivity index (χ2n) is 12.9. The summed E-state index contributed by atoms with van der Waals surface area (Å²) in [4.78, 5) is 36.7. The number of nitrogens with one attached hydrogen (secondary N) is 2. The van der Waals surface area contributed by atoms with Crippen LogP contribution in [0.1, 0.15) is 38.3 Å². The first-order valence-corrected chi connectivity index (χ1v) is 17.9. The number of carbonyl (C=O) groups excluding carboxylic acids is 2. The van der Waals surface area contributed by atoms with E-state index in [0.717, 1.165) is 62.4 Å². The number of piperazine rings is 1. The average molecular weight is 734 g/mol. The molecule has 0 radical (unpaired) electrons. The number of nitrogens with two attached hydrogens (primary N) is 1. The molecule has 0 aliphatic carbocycles. The van der Waals surface area contributed by atoms with Gasteiger partial charge in [0.15, 0.2) is 17.4 Å². The van der Waals surface area contributed by atoms with E-state index in [2.05, 4.69) is 24.5 Å². The van der Waals surface area contributed by atoms with Crippen LogP contribution >= 0.6 is 0 Å². The number of amides is 1. The number of primary amides is 1. The lowest BCUT2D eigenvalue weighted by atomic mass is 9.99. The van der Waals surface area contributed by atoms with Crippen molar-refractivity contribution in [3.63, 3.8) is 0 Å². The van der Waals surface area contributed by atoms with E-state index in [-0.39, 0.29) is 36.3 Å². The number of hydrogen-bond acceptors (Lipinski definition) is 8. The zero-order valence-electron chi connectivity index (χ0n) is 27.9. The first-order valence-electron chi connectivity index (χ1n) is 16.8. The summed E-state index contributed by atoms with van der Waals surface area (Å²) < 4.78 is 74.8. The van der Waals surface area contributed by atoms with Crippen molar-refractivity contribution < 1.29 is 31.7 Å². The number of hydrogen-bond donors (Lipinski definition) is 3. The first-order chi connectivity index (χ1) is 25.0. The fraction of sp³-hybridized carbons (Fsp3) is 0.270. The van der Waals surface area contributed by atoms with Crippen molar-refractivity contribution in [1.29, 1.82) is 0 Å². The topological polar surface area (TPSA) is 134 Å². The molecule has 3 aromatic carbocycles. The second kappa shape index (κ2) is 14.9. The molecule has 52 heavy (non-hydrogen) atoms. The maximum Gasteiger partial charge on any atom is 0.251 e. The summed E-state index contributed by atoms with van der Waals surface area (Å²) in [6.45, 7) is 4.00. The van der Waals surface area contributed by atoms with Crippen molar-refractivity contribution in [3.05, 3.63) is 113 Å². The standard InChI is InChI=1S/C37H35F4N7O3S/c38-25-10-12-48(21-25)52(51)45-32-8-7-30(39)33(34(32)41)35(49)29-20-44-37-28(29)17-24(19-43-37)23-3-1-22(2-4-23)9-11-46-13-15-47(16-14-46)26-5-6-27(36(42)50)31(40)18-26/h1-8,17-20,25,45H,9-16,21H2,(H2,42,50)(H,43,44). The molecule has 2 unspecified atom stereocenters. The van der Waals surface area contributed by atoms with Gasteiger partial charge in [0.1, 0.15) is 29.1 Å². The summed E-state index contributed by atoms with van der Waals surface area (Å²) in [5.41, 5.74) is 7.71. The van der Waals surface area contributed by atoms with Gasteiger partial charge in [0.2, 0.25) is 5.78 Å². The van der Waals surface area contributed by atoms with Gasteiger partial charge in [0.25, 0.3) is 5.91 Å². The smallest absolute Gasteiger partial charge is 0.251 e. The fourth-order valence-corrected chi connectivity index (χ4v) is 7.64. The zero-order valence-corrected chi connectivity index (χ0v) is 28.7. The number of fused-ring (bicyclic) bond motifs is 1. The number of ketones is 1. The third kappa shape index (κ3) is 7.35. The van der Waals surface area contributed by atoms with Crippen LogP contribution in [0.15, 0.2) is 73.1 Å². The SMILES string of the molecule is NC(=O)c1ccc(N2CCN(CCc3ccc(-c4cnc5[nH]cc(C(=O)c6c(F)ccc(N[S+]([O-])N7CCC(F)C7)c6F)c5c4)cc3)CC2)cc1F. The predicted molar refractivity (Wildman–Crippen MR) is 191 cm³/mol. The van der Waals surface area contributed by atoms with Crippen LogP contribution in [0.5, 0.6) is 0 Å². The van der Waals surface area contributed by atoms with E-state index in [4.69, 9.17) is 5.73 Å². The van der Waals surface area contributed by atoms with Crippen LogP contribution in [0.4, 0.5) is 28.9 Å². The van der Waals surface area contributed by atoms with Crippen molar-refractivity contribution in [2.24, 2.45) is 5.73 Å². The molecule has 4 heterocycles. The number of halogens is 4. The monoisotopic (exact) mass is 733 g/mol. The molecular formula is C37H35F4N7O3S. The van der Waals surface area contributed by atoms with Crippen LogP contribution < -0.4 is 15.4 Å². The summed E-state index contributed by atoms with van der Waals surface area (Å²) in [5.74, 6) is -4.60. The average Bonchev–Trinajstić information content (AvgIpc) is 3.78. The maximum absolute atomic E-state index is 15.6. The molecule has 4 N–H and O–H groups in total. The van der Waals surface area contributed by atoms with Gasteiger partial charge in [-0.05, 0) is 60.4 Å². The highest BCUT2D eigenvalue weighted by molar-refractivity contribution is 7.90. The van der Waals surface area contributed by atoms with Crippen LogP contribution in [0.2, 0.25) is 0 Å². The Bertz CT molecular complexity index is 2120. The van der Waals surface area contributed by atoms with Crippen LogP contribution in [-0.4, -0.2) is 87.4 Å². The van der Waals surface area contributed by atoms with Crippen molar-refractivity contribution in [1.82, 2.24) is 19.2 Å². The Kier molecular flexibility index (Phi) is 10.2. The summed E-state index contributed by atoms with van der Waals surface area (Å²) in [5, 5.41) is 0.379. The van der Waals surface area contributed by atoms with Crippen molar-refractivity contribution in [3.8, 4) is 11.1 Å². The van der Waals surface area contributed by atoms with E-state index in [1.807, 2.05) is 24.3 Å². The molecule has 0 saturated carbocycles.